The molecule has 84 valence electrons. The third-order valence-corrected chi connectivity index (χ3v) is 2.58. The summed E-state index contributed by atoms with van der Waals surface area (Å²) in [7, 11) is 0. The predicted octanol–water partition coefficient (Wildman–Crippen LogP) is 3.56. The van der Waals surface area contributed by atoms with Crippen LogP contribution in [0, 0.1) is 0 Å². The Morgan fingerprint density at radius 3 is 2.60 bits per heavy atom. The Morgan fingerprint density at radius 1 is 1.27 bits per heavy atom. The third kappa shape index (κ3) is 3.22. The van der Waals surface area contributed by atoms with E-state index >= 15 is 0 Å². The highest BCUT2D eigenvalue weighted by Gasteiger charge is 2.21. The van der Waals surface area contributed by atoms with Crippen LogP contribution in [0.3, 0.4) is 0 Å². The molecule has 0 radical (unpaired) electrons. The Labute approximate surface area is 92.7 Å². The van der Waals surface area contributed by atoms with Crippen LogP contribution in [0.1, 0.15) is 46.2 Å². The van der Waals surface area contributed by atoms with E-state index in [4.69, 9.17) is 4.74 Å². The summed E-state index contributed by atoms with van der Waals surface area (Å²) in [5.41, 5.74) is 1.26. The SMILES string of the molecule is CCCC(C)(C)c1cccc(OCC)n1. The minimum atomic E-state index is 0.141. The highest BCUT2D eigenvalue weighted by Crippen LogP contribution is 2.27. The van der Waals surface area contributed by atoms with Gasteiger partial charge in [-0.05, 0) is 19.4 Å². The summed E-state index contributed by atoms with van der Waals surface area (Å²) in [5.74, 6) is 0.735. The van der Waals surface area contributed by atoms with Crippen LogP contribution in [-0.4, -0.2) is 11.6 Å². The first-order valence-corrected chi connectivity index (χ1v) is 5.70. The molecule has 0 aromatic carbocycles. The zero-order valence-electron chi connectivity index (χ0n) is 10.2. The highest BCUT2D eigenvalue weighted by molar-refractivity contribution is 5.21. The fourth-order valence-electron chi connectivity index (χ4n) is 1.77. The zero-order chi connectivity index (χ0) is 11.3. The molecule has 15 heavy (non-hydrogen) atoms. The number of aromatic nitrogens is 1. The number of hydrogen-bond donors (Lipinski definition) is 0. The Bertz CT molecular complexity index is 307. The second-order valence-corrected chi connectivity index (χ2v) is 4.43. The third-order valence-electron chi connectivity index (χ3n) is 2.58. The molecule has 1 aromatic rings. The van der Waals surface area contributed by atoms with Crippen LogP contribution in [-0.2, 0) is 5.41 Å². The zero-order valence-corrected chi connectivity index (χ0v) is 10.2. The summed E-state index contributed by atoms with van der Waals surface area (Å²) in [5, 5.41) is 0. The van der Waals surface area contributed by atoms with Gasteiger partial charge in [0.15, 0.2) is 0 Å². The molecule has 0 aliphatic heterocycles. The fourth-order valence-corrected chi connectivity index (χ4v) is 1.77. The minimum absolute atomic E-state index is 0.141. The Kier molecular flexibility index (Phi) is 4.13. The molecule has 0 saturated carbocycles. The summed E-state index contributed by atoms with van der Waals surface area (Å²) in [6.45, 7) is 9.31. The Morgan fingerprint density at radius 2 is 2.00 bits per heavy atom. The lowest BCUT2D eigenvalue weighted by atomic mass is 9.84. The molecule has 0 unspecified atom stereocenters. The van der Waals surface area contributed by atoms with E-state index in [1.807, 2.05) is 19.1 Å². The minimum Gasteiger partial charge on any atom is -0.478 e. The van der Waals surface area contributed by atoms with Crippen LogP contribution in [0.4, 0.5) is 0 Å². The average Bonchev–Trinajstić information content (AvgIpc) is 2.19. The fraction of sp³-hybridized carbons (Fsp3) is 0.615. The van der Waals surface area contributed by atoms with Crippen molar-refractivity contribution in [1.82, 2.24) is 4.98 Å². The van der Waals surface area contributed by atoms with Crippen molar-refractivity contribution < 1.29 is 4.74 Å². The molecule has 0 fully saturated rings. The Balaban J connectivity index is 2.88. The summed E-state index contributed by atoms with van der Waals surface area (Å²) in [4.78, 5) is 4.53. The van der Waals surface area contributed by atoms with Gasteiger partial charge in [-0.3, -0.25) is 0 Å². The topological polar surface area (TPSA) is 22.1 Å². The maximum atomic E-state index is 5.41. The molecule has 0 aliphatic rings. The first-order valence-electron chi connectivity index (χ1n) is 5.70. The van der Waals surface area contributed by atoms with Gasteiger partial charge >= 0.3 is 0 Å². The molecule has 2 nitrogen and oxygen atoms in total. The van der Waals surface area contributed by atoms with Crippen LogP contribution in [0.5, 0.6) is 5.88 Å². The van der Waals surface area contributed by atoms with Gasteiger partial charge in [0.1, 0.15) is 0 Å². The van der Waals surface area contributed by atoms with Gasteiger partial charge in [0.05, 0.1) is 12.3 Å². The van der Waals surface area contributed by atoms with E-state index < -0.39 is 0 Å². The van der Waals surface area contributed by atoms with E-state index in [-0.39, 0.29) is 5.41 Å². The molecule has 1 rings (SSSR count). The molecule has 2 heteroatoms. The van der Waals surface area contributed by atoms with Crippen molar-refractivity contribution in [2.24, 2.45) is 0 Å². The van der Waals surface area contributed by atoms with E-state index in [0.29, 0.717) is 6.61 Å². The van der Waals surface area contributed by atoms with Crippen LogP contribution in [0.2, 0.25) is 0 Å². The second-order valence-electron chi connectivity index (χ2n) is 4.43. The molecule has 0 saturated heterocycles. The van der Waals surface area contributed by atoms with Crippen molar-refractivity contribution in [3.8, 4) is 5.88 Å². The van der Waals surface area contributed by atoms with Crippen molar-refractivity contribution in [3.05, 3.63) is 23.9 Å². The van der Waals surface area contributed by atoms with Crippen LogP contribution in [0.25, 0.3) is 0 Å². The van der Waals surface area contributed by atoms with E-state index in [1.165, 1.54) is 6.42 Å². The van der Waals surface area contributed by atoms with Crippen molar-refractivity contribution in [2.75, 3.05) is 6.61 Å². The van der Waals surface area contributed by atoms with Gasteiger partial charge in [-0.1, -0.05) is 33.3 Å². The van der Waals surface area contributed by atoms with E-state index in [9.17, 15) is 0 Å². The van der Waals surface area contributed by atoms with Gasteiger partial charge in [-0.15, -0.1) is 0 Å². The molecular formula is C13H21NO. The molecule has 1 aromatic heterocycles. The van der Waals surface area contributed by atoms with Gasteiger partial charge < -0.3 is 4.74 Å². The van der Waals surface area contributed by atoms with E-state index in [1.54, 1.807) is 0 Å². The van der Waals surface area contributed by atoms with Gasteiger partial charge in [0.2, 0.25) is 5.88 Å². The van der Waals surface area contributed by atoms with Crippen LogP contribution >= 0.6 is 0 Å². The maximum Gasteiger partial charge on any atom is 0.213 e. The second kappa shape index (κ2) is 5.15. The molecular weight excluding hydrogens is 186 g/mol. The molecule has 0 spiro atoms. The smallest absolute Gasteiger partial charge is 0.213 e. The monoisotopic (exact) mass is 207 g/mol. The molecule has 0 N–H and O–H groups in total. The molecule has 0 atom stereocenters. The highest BCUT2D eigenvalue weighted by atomic mass is 16.5. The number of hydrogen-bond acceptors (Lipinski definition) is 2. The largest absolute Gasteiger partial charge is 0.478 e. The van der Waals surface area contributed by atoms with Gasteiger partial charge in [-0.2, -0.15) is 0 Å². The summed E-state index contributed by atoms with van der Waals surface area (Å²) < 4.78 is 5.41. The Hall–Kier alpha value is -1.05. The molecule has 1 heterocycles. The normalized spacial score (nSPS) is 11.5. The van der Waals surface area contributed by atoms with Gasteiger partial charge in [0.25, 0.3) is 0 Å². The number of rotatable bonds is 5. The van der Waals surface area contributed by atoms with Crippen molar-refractivity contribution in [3.63, 3.8) is 0 Å². The van der Waals surface area contributed by atoms with Crippen LogP contribution in [0.15, 0.2) is 18.2 Å². The molecule has 0 bridgehead atoms. The van der Waals surface area contributed by atoms with Gasteiger partial charge in [0, 0.05) is 11.5 Å². The predicted molar refractivity (Wildman–Crippen MR) is 63.3 cm³/mol. The van der Waals surface area contributed by atoms with Crippen molar-refractivity contribution >= 4 is 0 Å². The first kappa shape index (κ1) is 12.0. The lowest BCUT2D eigenvalue weighted by Gasteiger charge is -2.23. The lowest BCUT2D eigenvalue weighted by Crippen LogP contribution is -2.18. The van der Waals surface area contributed by atoms with Crippen LogP contribution < -0.4 is 4.74 Å². The molecule has 0 amide bonds. The van der Waals surface area contributed by atoms with Crippen molar-refractivity contribution in [1.29, 1.82) is 0 Å². The number of nitrogens with zero attached hydrogens (tertiary/aromatic N) is 1. The molecule has 0 aliphatic carbocycles. The number of ether oxygens (including phenoxy) is 1. The van der Waals surface area contributed by atoms with E-state index in [2.05, 4.69) is 31.8 Å². The lowest BCUT2D eigenvalue weighted by molar-refractivity contribution is 0.322. The average molecular weight is 207 g/mol. The quantitative estimate of drug-likeness (QED) is 0.736. The van der Waals surface area contributed by atoms with E-state index in [0.717, 1.165) is 18.0 Å². The maximum absolute atomic E-state index is 5.41. The first-order chi connectivity index (χ1) is 7.10. The summed E-state index contributed by atoms with van der Waals surface area (Å²) >= 11 is 0. The van der Waals surface area contributed by atoms with Gasteiger partial charge in [-0.25, -0.2) is 4.98 Å². The summed E-state index contributed by atoms with van der Waals surface area (Å²) in [6, 6.07) is 6.01. The standard InChI is InChI=1S/C13H21NO/c1-5-10-13(3,4)11-8-7-9-12(14-11)15-6-2/h7-9H,5-6,10H2,1-4H3. The van der Waals surface area contributed by atoms with Crippen molar-refractivity contribution in [2.45, 2.75) is 46.0 Å². The summed E-state index contributed by atoms with van der Waals surface area (Å²) in [6.07, 6.45) is 2.32. The number of pyridine rings is 1.